The zero-order chi connectivity index (χ0) is 15.1. The summed E-state index contributed by atoms with van der Waals surface area (Å²) in [5, 5.41) is 3.22. The Morgan fingerprint density at radius 2 is 1.86 bits per heavy atom. The summed E-state index contributed by atoms with van der Waals surface area (Å²) in [6, 6.07) is 15.1. The largest absolute Gasteiger partial charge is 0.340 e. The van der Waals surface area contributed by atoms with E-state index in [4.69, 9.17) is 0 Å². The Bertz CT molecular complexity index is 522. The zero-order valence-electron chi connectivity index (χ0n) is 13.2. The number of nitrogens with one attached hydrogen (secondary N) is 1. The smallest absolute Gasteiger partial charge is 0.0597 e. The van der Waals surface area contributed by atoms with Crippen molar-refractivity contribution in [3.63, 3.8) is 0 Å². The Morgan fingerprint density at radius 1 is 1.10 bits per heavy atom. The second-order valence-electron chi connectivity index (χ2n) is 5.29. The fourth-order valence-electron chi connectivity index (χ4n) is 2.29. The van der Waals surface area contributed by atoms with Gasteiger partial charge in [-0.05, 0) is 44.7 Å². The number of hydrogen-bond donors (Lipinski definition) is 1. The van der Waals surface area contributed by atoms with Crippen molar-refractivity contribution in [2.45, 2.75) is 32.7 Å². The van der Waals surface area contributed by atoms with Gasteiger partial charge in [0.05, 0.1) is 17.6 Å². The highest BCUT2D eigenvalue weighted by Gasteiger charge is 2.10. The van der Waals surface area contributed by atoms with E-state index in [9.17, 15) is 0 Å². The summed E-state index contributed by atoms with van der Waals surface area (Å²) in [6.45, 7) is 5.36. The number of para-hydroxylation sites is 1. The maximum absolute atomic E-state index is 4.60. The summed E-state index contributed by atoms with van der Waals surface area (Å²) in [7, 11) is 1.96. The molecule has 0 aliphatic heterocycles. The average Bonchev–Trinajstić information content (AvgIpc) is 2.56. The molecule has 3 nitrogen and oxygen atoms in total. The number of unbranched alkanes of at least 4 members (excludes halogenated alkanes) is 1. The van der Waals surface area contributed by atoms with E-state index in [1.54, 1.807) is 0 Å². The molecule has 0 fully saturated rings. The van der Waals surface area contributed by atoms with Crippen LogP contribution in [0, 0.1) is 0 Å². The molecule has 1 N–H and O–H groups in total. The van der Waals surface area contributed by atoms with Crippen LogP contribution in [0.15, 0.2) is 48.7 Å². The van der Waals surface area contributed by atoms with Gasteiger partial charge in [-0.25, -0.2) is 0 Å². The molecule has 0 spiro atoms. The molecule has 0 bridgehead atoms. The maximum atomic E-state index is 4.60. The normalized spacial score (nSPS) is 12.1. The van der Waals surface area contributed by atoms with Crippen molar-refractivity contribution in [3.05, 3.63) is 54.4 Å². The van der Waals surface area contributed by atoms with Crippen LogP contribution in [-0.2, 0) is 0 Å². The Balaban J connectivity index is 2.24. The third kappa shape index (κ3) is 4.05. The van der Waals surface area contributed by atoms with E-state index in [0.29, 0.717) is 0 Å². The second kappa shape index (κ2) is 7.79. The minimum atomic E-state index is 0.278. The first-order valence-electron chi connectivity index (χ1n) is 7.72. The Hall–Kier alpha value is -1.87. The lowest BCUT2D eigenvalue weighted by molar-refractivity contribution is 0.633. The SMILES string of the molecule is CCCCN(c1ccccc1)c1ccc(C(C)NC)nc1. The van der Waals surface area contributed by atoms with Gasteiger partial charge in [-0.3, -0.25) is 4.98 Å². The fraction of sp³-hybridized carbons (Fsp3) is 0.389. The van der Waals surface area contributed by atoms with Crippen molar-refractivity contribution < 1.29 is 0 Å². The standard InChI is InChI=1S/C18H25N3/c1-4-5-13-21(16-9-7-6-8-10-16)17-11-12-18(20-14-17)15(2)19-3/h6-12,14-15,19H,4-5,13H2,1-3H3. The summed E-state index contributed by atoms with van der Waals surface area (Å²) in [6.07, 6.45) is 4.33. The predicted molar refractivity (Wildman–Crippen MR) is 90.1 cm³/mol. The van der Waals surface area contributed by atoms with Crippen LogP contribution in [0.2, 0.25) is 0 Å². The third-order valence-electron chi connectivity index (χ3n) is 3.76. The number of hydrogen-bond acceptors (Lipinski definition) is 3. The van der Waals surface area contributed by atoms with E-state index in [1.165, 1.54) is 18.5 Å². The van der Waals surface area contributed by atoms with E-state index >= 15 is 0 Å². The molecule has 0 saturated heterocycles. The van der Waals surface area contributed by atoms with Crippen molar-refractivity contribution in [2.75, 3.05) is 18.5 Å². The summed E-state index contributed by atoms with van der Waals surface area (Å²) in [4.78, 5) is 6.94. The number of benzene rings is 1. The summed E-state index contributed by atoms with van der Waals surface area (Å²) in [5.41, 5.74) is 3.45. The van der Waals surface area contributed by atoms with Gasteiger partial charge >= 0.3 is 0 Å². The third-order valence-corrected chi connectivity index (χ3v) is 3.76. The lowest BCUT2D eigenvalue weighted by Crippen LogP contribution is -2.19. The minimum Gasteiger partial charge on any atom is -0.340 e. The molecule has 1 aromatic carbocycles. The van der Waals surface area contributed by atoms with Gasteiger partial charge < -0.3 is 10.2 Å². The van der Waals surface area contributed by atoms with Crippen molar-refractivity contribution in [1.82, 2.24) is 10.3 Å². The van der Waals surface area contributed by atoms with Crippen molar-refractivity contribution >= 4 is 11.4 Å². The van der Waals surface area contributed by atoms with Gasteiger partial charge in [-0.2, -0.15) is 0 Å². The van der Waals surface area contributed by atoms with Gasteiger partial charge in [0.1, 0.15) is 0 Å². The quantitative estimate of drug-likeness (QED) is 0.821. The molecule has 112 valence electrons. The molecule has 1 unspecified atom stereocenters. The molecule has 0 radical (unpaired) electrons. The van der Waals surface area contributed by atoms with Crippen LogP contribution in [-0.4, -0.2) is 18.6 Å². The van der Waals surface area contributed by atoms with Gasteiger partial charge in [0.2, 0.25) is 0 Å². The van der Waals surface area contributed by atoms with E-state index in [-0.39, 0.29) is 6.04 Å². The molecule has 0 amide bonds. The highest BCUT2D eigenvalue weighted by Crippen LogP contribution is 2.25. The first kappa shape index (κ1) is 15.5. The molecular weight excluding hydrogens is 258 g/mol. The van der Waals surface area contributed by atoms with Gasteiger partial charge in [-0.15, -0.1) is 0 Å². The van der Waals surface area contributed by atoms with Crippen LogP contribution in [0.4, 0.5) is 11.4 Å². The van der Waals surface area contributed by atoms with Crippen LogP contribution in [0.1, 0.15) is 38.4 Å². The predicted octanol–water partition coefficient (Wildman–Crippen LogP) is 4.30. The molecule has 1 aromatic heterocycles. The van der Waals surface area contributed by atoms with Crippen LogP contribution >= 0.6 is 0 Å². The lowest BCUT2D eigenvalue weighted by atomic mass is 10.2. The van der Waals surface area contributed by atoms with E-state index in [0.717, 1.165) is 17.9 Å². The first-order valence-corrected chi connectivity index (χ1v) is 7.72. The van der Waals surface area contributed by atoms with E-state index in [1.807, 2.05) is 13.2 Å². The van der Waals surface area contributed by atoms with E-state index in [2.05, 4.69) is 71.5 Å². The highest BCUT2D eigenvalue weighted by molar-refractivity contribution is 5.62. The van der Waals surface area contributed by atoms with Crippen LogP contribution in [0.25, 0.3) is 0 Å². The van der Waals surface area contributed by atoms with Gasteiger partial charge in [0.15, 0.2) is 0 Å². The molecule has 2 rings (SSSR count). The van der Waals surface area contributed by atoms with Gasteiger partial charge in [0, 0.05) is 18.3 Å². The molecular formula is C18H25N3. The van der Waals surface area contributed by atoms with E-state index < -0.39 is 0 Å². The fourth-order valence-corrected chi connectivity index (χ4v) is 2.29. The Morgan fingerprint density at radius 3 is 2.43 bits per heavy atom. The topological polar surface area (TPSA) is 28.2 Å². The highest BCUT2D eigenvalue weighted by atomic mass is 15.1. The van der Waals surface area contributed by atoms with Crippen molar-refractivity contribution in [3.8, 4) is 0 Å². The molecule has 1 atom stereocenters. The van der Waals surface area contributed by atoms with Crippen LogP contribution < -0.4 is 10.2 Å². The Kier molecular flexibility index (Phi) is 5.76. The number of anilines is 2. The molecule has 2 aromatic rings. The van der Waals surface area contributed by atoms with Gasteiger partial charge in [-0.1, -0.05) is 31.5 Å². The monoisotopic (exact) mass is 283 g/mol. The number of rotatable bonds is 7. The van der Waals surface area contributed by atoms with Crippen molar-refractivity contribution in [2.24, 2.45) is 0 Å². The summed E-state index contributed by atoms with van der Waals surface area (Å²) < 4.78 is 0. The molecule has 0 aliphatic carbocycles. The van der Waals surface area contributed by atoms with Crippen LogP contribution in [0.3, 0.4) is 0 Å². The maximum Gasteiger partial charge on any atom is 0.0597 e. The Labute approximate surface area is 128 Å². The second-order valence-corrected chi connectivity index (χ2v) is 5.29. The van der Waals surface area contributed by atoms with Crippen LogP contribution in [0.5, 0.6) is 0 Å². The molecule has 0 aliphatic rings. The number of nitrogens with zero attached hydrogens (tertiary/aromatic N) is 2. The molecule has 21 heavy (non-hydrogen) atoms. The minimum absolute atomic E-state index is 0.278. The zero-order valence-corrected chi connectivity index (χ0v) is 13.2. The molecule has 1 heterocycles. The molecule has 0 saturated carbocycles. The number of aromatic nitrogens is 1. The van der Waals surface area contributed by atoms with Crippen molar-refractivity contribution in [1.29, 1.82) is 0 Å². The lowest BCUT2D eigenvalue weighted by Gasteiger charge is -2.25. The average molecular weight is 283 g/mol. The number of pyridine rings is 1. The first-order chi connectivity index (χ1) is 10.3. The summed E-state index contributed by atoms with van der Waals surface area (Å²) >= 11 is 0. The van der Waals surface area contributed by atoms with Gasteiger partial charge in [0.25, 0.3) is 0 Å². The molecule has 3 heteroatoms. The summed E-state index contributed by atoms with van der Waals surface area (Å²) in [5.74, 6) is 0.